The average molecular weight is 407 g/mol. The summed E-state index contributed by atoms with van der Waals surface area (Å²) in [6.07, 6.45) is 11.5. The van der Waals surface area contributed by atoms with Crippen LogP contribution in [0.3, 0.4) is 0 Å². The van der Waals surface area contributed by atoms with Gasteiger partial charge in [-0.2, -0.15) is 0 Å². The Morgan fingerprint density at radius 2 is 2.14 bits per heavy atom. The third-order valence-electron chi connectivity index (χ3n) is 4.95. The van der Waals surface area contributed by atoms with E-state index in [2.05, 4.69) is 16.9 Å². The number of rotatable bonds is 11. The second kappa shape index (κ2) is 11.4. The number of unbranched alkanes of at least 4 members (excludes halogenated alkanes) is 2. The fraction of sp³-hybridized carbons (Fsp3) is 0.682. The van der Waals surface area contributed by atoms with Crippen LogP contribution in [0.1, 0.15) is 83.1 Å². The Labute approximate surface area is 173 Å². The van der Waals surface area contributed by atoms with E-state index in [1.54, 1.807) is 6.20 Å². The minimum atomic E-state index is -0.694. The lowest BCUT2D eigenvalue weighted by atomic mass is 10.0. The molecule has 29 heavy (non-hydrogen) atoms. The van der Waals surface area contributed by atoms with Crippen molar-refractivity contribution in [2.45, 2.75) is 89.8 Å². The Bertz CT molecular complexity index is 677. The lowest BCUT2D eigenvalue weighted by Gasteiger charge is -2.16. The van der Waals surface area contributed by atoms with Gasteiger partial charge in [0.15, 0.2) is 5.79 Å². The number of nitrogens with zero attached hydrogens (tertiary/aromatic N) is 2. The topological polar surface area (TPSA) is 90.8 Å². The summed E-state index contributed by atoms with van der Waals surface area (Å²) in [6, 6.07) is 0. The largest absolute Gasteiger partial charge is 0.469 e. The zero-order valence-corrected chi connectivity index (χ0v) is 18.0. The monoisotopic (exact) mass is 406 g/mol. The Kier molecular flexibility index (Phi) is 9.20. The van der Waals surface area contributed by atoms with Gasteiger partial charge in [-0.05, 0) is 33.1 Å². The van der Waals surface area contributed by atoms with Gasteiger partial charge in [0.1, 0.15) is 12.4 Å². The molecule has 3 atom stereocenters. The first kappa shape index (κ1) is 23.4. The number of aliphatic hydroxyl groups is 1. The number of methoxy groups -OCH3 is 1. The molecule has 0 amide bonds. The first-order valence-corrected chi connectivity index (χ1v) is 10.4. The van der Waals surface area contributed by atoms with Crippen molar-refractivity contribution in [2.24, 2.45) is 0 Å². The van der Waals surface area contributed by atoms with Crippen molar-refractivity contribution in [3.05, 3.63) is 29.9 Å². The van der Waals surface area contributed by atoms with Crippen LogP contribution < -0.4 is 0 Å². The predicted molar refractivity (Wildman–Crippen MR) is 110 cm³/mol. The van der Waals surface area contributed by atoms with E-state index in [0.717, 1.165) is 24.8 Å². The van der Waals surface area contributed by atoms with Gasteiger partial charge in [0, 0.05) is 18.2 Å². The summed E-state index contributed by atoms with van der Waals surface area (Å²) >= 11 is 0. The van der Waals surface area contributed by atoms with Crippen LogP contribution in [0, 0.1) is 0 Å². The van der Waals surface area contributed by atoms with Crippen molar-refractivity contribution < 1.29 is 24.1 Å². The average Bonchev–Trinajstić information content (AvgIpc) is 3.00. The second-order valence-corrected chi connectivity index (χ2v) is 7.84. The molecule has 162 valence electrons. The standard InChI is InChI=1S/C22H34N2O5/c1-5-6-7-9-17(25)21-16(14-23-15-24-21)12-13-19-18(28-22(2,3)29-19)10-8-11-20(26)27-4/h12-15,17-19,25H,5-11H2,1-4H3/b13-12+/t17-,18+,19-/m1/s1. The van der Waals surface area contributed by atoms with Gasteiger partial charge in [-0.25, -0.2) is 9.97 Å². The lowest BCUT2D eigenvalue weighted by molar-refractivity contribution is -0.144. The first-order chi connectivity index (χ1) is 13.9. The number of hydrogen-bond donors (Lipinski definition) is 1. The zero-order chi connectivity index (χ0) is 21.3. The first-order valence-electron chi connectivity index (χ1n) is 10.4. The van der Waals surface area contributed by atoms with Gasteiger partial charge < -0.3 is 19.3 Å². The lowest BCUT2D eigenvalue weighted by Crippen LogP contribution is -2.21. The van der Waals surface area contributed by atoms with Gasteiger partial charge in [-0.3, -0.25) is 4.79 Å². The summed E-state index contributed by atoms with van der Waals surface area (Å²) in [5.41, 5.74) is 1.41. The van der Waals surface area contributed by atoms with Gasteiger partial charge in [0.05, 0.1) is 25.0 Å². The normalized spacial score (nSPS) is 22.1. The number of aromatic nitrogens is 2. The molecule has 1 saturated heterocycles. The zero-order valence-electron chi connectivity index (χ0n) is 18.0. The van der Waals surface area contributed by atoms with Crippen LogP contribution in [0.2, 0.25) is 0 Å². The molecule has 1 N–H and O–H groups in total. The number of esters is 1. The molecule has 0 aromatic carbocycles. The third-order valence-corrected chi connectivity index (χ3v) is 4.95. The van der Waals surface area contributed by atoms with Gasteiger partial charge in [-0.1, -0.05) is 38.3 Å². The molecule has 0 radical (unpaired) electrons. The Hall–Kier alpha value is -1.83. The molecule has 1 aromatic rings. The highest BCUT2D eigenvalue weighted by atomic mass is 16.7. The highest BCUT2D eigenvalue weighted by Crippen LogP contribution is 2.32. The second-order valence-electron chi connectivity index (χ2n) is 7.84. The molecule has 0 aliphatic carbocycles. The molecule has 1 aliphatic rings. The number of aliphatic hydroxyl groups excluding tert-OH is 1. The Morgan fingerprint density at radius 3 is 2.86 bits per heavy atom. The van der Waals surface area contributed by atoms with Crippen molar-refractivity contribution in [1.29, 1.82) is 0 Å². The summed E-state index contributed by atoms with van der Waals surface area (Å²) in [5.74, 6) is -0.918. The minimum Gasteiger partial charge on any atom is -0.469 e. The van der Waals surface area contributed by atoms with Crippen molar-refractivity contribution in [2.75, 3.05) is 7.11 Å². The van der Waals surface area contributed by atoms with E-state index in [-0.39, 0.29) is 18.2 Å². The maximum absolute atomic E-state index is 11.4. The number of ether oxygens (including phenoxy) is 3. The van der Waals surface area contributed by atoms with Crippen molar-refractivity contribution in [1.82, 2.24) is 9.97 Å². The van der Waals surface area contributed by atoms with Gasteiger partial charge in [0.25, 0.3) is 0 Å². The predicted octanol–water partition coefficient (Wildman–Crippen LogP) is 3.97. The molecule has 7 heteroatoms. The van der Waals surface area contributed by atoms with E-state index in [0.29, 0.717) is 31.4 Å². The fourth-order valence-corrected chi connectivity index (χ4v) is 3.48. The van der Waals surface area contributed by atoms with Gasteiger partial charge in [-0.15, -0.1) is 0 Å². The van der Waals surface area contributed by atoms with Crippen LogP contribution in [0.25, 0.3) is 6.08 Å². The third kappa shape index (κ3) is 7.49. The maximum atomic E-state index is 11.4. The molecule has 0 unspecified atom stereocenters. The Balaban J connectivity index is 2.05. The molecule has 1 aliphatic heterocycles. The van der Waals surface area contributed by atoms with E-state index >= 15 is 0 Å². The number of hydrogen-bond acceptors (Lipinski definition) is 7. The molecule has 2 rings (SSSR count). The SMILES string of the molecule is CCCCC[C@@H](O)c1ncncc1/C=C/[C@H]1OC(C)(C)O[C@H]1CCCC(=O)OC. The van der Waals surface area contributed by atoms with Gasteiger partial charge in [0.2, 0.25) is 0 Å². The van der Waals surface area contributed by atoms with Crippen LogP contribution in [0.4, 0.5) is 0 Å². The van der Waals surface area contributed by atoms with Crippen molar-refractivity contribution in [3.63, 3.8) is 0 Å². The van der Waals surface area contributed by atoms with Crippen LogP contribution in [0.5, 0.6) is 0 Å². The molecule has 1 aromatic heterocycles. The van der Waals surface area contributed by atoms with Crippen LogP contribution in [-0.4, -0.2) is 46.1 Å². The molecule has 0 spiro atoms. The molecule has 0 bridgehead atoms. The van der Waals surface area contributed by atoms with Crippen molar-refractivity contribution >= 4 is 12.0 Å². The van der Waals surface area contributed by atoms with E-state index in [4.69, 9.17) is 14.2 Å². The molecule has 0 saturated carbocycles. The van der Waals surface area contributed by atoms with E-state index in [1.165, 1.54) is 13.4 Å². The smallest absolute Gasteiger partial charge is 0.305 e. The van der Waals surface area contributed by atoms with Crippen LogP contribution in [0.15, 0.2) is 18.6 Å². The number of carbonyl (C=O) groups is 1. The van der Waals surface area contributed by atoms with E-state index in [1.807, 2.05) is 26.0 Å². The van der Waals surface area contributed by atoms with Gasteiger partial charge >= 0.3 is 5.97 Å². The fourth-order valence-electron chi connectivity index (χ4n) is 3.48. The maximum Gasteiger partial charge on any atom is 0.305 e. The summed E-state index contributed by atoms with van der Waals surface area (Å²) in [7, 11) is 1.39. The number of carbonyl (C=O) groups excluding carboxylic acids is 1. The van der Waals surface area contributed by atoms with Crippen molar-refractivity contribution in [3.8, 4) is 0 Å². The van der Waals surface area contributed by atoms with E-state index in [9.17, 15) is 9.90 Å². The Morgan fingerprint density at radius 1 is 1.34 bits per heavy atom. The highest BCUT2D eigenvalue weighted by molar-refractivity contribution is 5.69. The molecule has 2 heterocycles. The van der Waals surface area contributed by atoms with Crippen LogP contribution >= 0.6 is 0 Å². The molecular weight excluding hydrogens is 372 g/mol. The summed E-state index contributed by atoms with van der Waals surface area (Å²) < 4.78 is 16.7. The van der Waals surface area contributed by atoms with E-state index < -0.39 is 11.9 Å². The molecular formula is C22H34N2O5. The summed E-state index contributed by atoms with van der Waals surface area (Å²) in [4.78, 5) is 19.7. The van der Waals surface area contributed by atoms with Crippen LogP contribution in [-0.2, 0) is 19.0 Å². The minimum absolute atomic E-state index is 0.159. The quantitative estimate of drug-likeness (QED) is 0.439. The highest BCUT2D eigenvalue weighted by Gasteiger charge is 2.39. The summed E-state index contributed by atoms with van der Waals surface area (Å²) in [6.45, 7) is 5.89. The molecule has 1 fully saturated rings. The molecule has 7 nitrogen and oxygen atoms in total. The summed E-state index contributed by atoms with van der Waals surface area (Å²) in [5, 5.41) is 10.5.